The molecule has 124 valence electrons. The summed E-state index contributed by atoms with van der Waals surface area (Å²) in [4.78, 5) is 17.8. The predicted molar refractivity (Wildman–Crippen MR) is 94.7 cm³/mol. The molecule has 0 aliphatic carbocycles. The smallest absolute Gasteiger partial charge is 0.263 e. The molecule has 7 heteroatoms. The zero-order valence-electron chi connectivity index (χ0n) is 12.8. The first-order chi connectivity index (χ1) is 11.5. The van der Waals surface area contributed by atoms with E-state index in [1.165, 1.54) is 39.8 Å². The predicted octanol–water partition coefficient (Wildman–Crippen LogP) is 4.78. The van der Waals surface area contributed by atoms with E-state index in [-0.39, 0.29) is 10.8 Å². The molecule has 0 fully saturated rings. The molecule has 0 saturated carbocycles. The molecule has 0 amide bonds. The number of allylic oxidation sites excluding steroid dienone is 1. The van der Waals surface area contributed by atoms with Crippen LogP contribution in [0.5, 0.6) is 0 Å². The number of thioether (sulfide) groups is 1. The molecule has 0 N–H and O–H groups in total. The monoisotopic (exact) mass is 364 g/mol. The number of thiophene rings is 1. The lowest BCUT2D eigenvalue weighted by Crippen LogP contribution is -2.22. The summed E-state index contributed by atoms with van der Waals surface area (Å²) in [5.41, 5.74) is 0.225. The van der Waals surface area contributed by atoms with Gasteiger partial charge < -0.3 is 0 Å². The minimum atomic E-state index is -0.616. The SMILES string of the molecule is C=CCn1c(SC(C)c2ccc(F)cc2F)nc2sccc2c1=O. The third-order valence-electron chi connectivity index (χ3n) is 3.54. The van der Waals surface area contributed by atoms with Crippen molar-refractivity contribution >= 4 is 33.3 Å². The Labute approximate surface area is 145 Å². The number of fused-ring (bicyclic) bond motifs is 1. The summed E-state index contributed by atoms with van der Waals surface area (Å²) in [5, 5.41) is 2.54. The van der Waals surface area contributed by atoms with Crippen LogP contribution >= 0.6 is 23.1 Å². The molecule has 0 bridgehead atoms. The molecule has 0 saturated heterocycles. The molecule has 1 unspecified atom stereocenters. The number of rotatable bonds is 5. The second kappa shape index (κ2) is 6.86. The van der Waals surface area contributed by atoms with Crippen LogP contribution < -0.4 is 5.56 Å². The number of aromatic nitrogens is 2. The van der Waals surface area contributed by atoms with Gasteiger partial charge in [0.25, 0.3) is 5.56 Å². The van der Waals surface area contributed by atoms with Crippen molar-refractivity contribution < 1.29 is 8.78 Å². The van der Waals surface area contributed by atoms with Gasteiger partial charge in [-0.2, -0.15) is 0 Å². The third-order valence-corrected chi connectivity index (χ3v) is 5.48. The van der Waals surface area contributed by atoms with Gasteiger partial charge in [0, 0.05) is 23.4 Å². The number of nitrogens with zero attached hydrogens (tertiary/aromatic N) is 2. The van der Waals surface area contributed by atoms with Crippen molar-refractivity contribution in [3.63, 3.8) is 0 Å². The van der Waals surface area contributed by atoms with E-state index >= 15 is 0 Å². The molecule has 0 spiro atoms. The Morgan fingerprint density at radius 3 is 2.92 bits per heavy atom. The Morgan fingerprint density at radius 2 is 2.21 bits per heavy atom. The van der Waals surface area contributed by atoms with E-state index < -0.39 is 11.6 Å². The van der Waals surface area contributed by atoms with E-state index in [9.17, 15) is 13.6 Å². The average Bonchev–Trinajstić information content (AvgIpc) is 2.99. The largest absolute Gasteiger partial charge is 0.283 e. The Morgan fingerprint density at radius 1 is 1.42 bits per heavy atom. The highest BCUT2D eigenvalue weighted by atomic mass is 32.2. The highest BCUT2D eigenvalue weighted by Gasteiger charge is 2.18. The molecule has 0 aliphatic rings. The minimum absolute atomic E-state index is 0.143. The Balaban J connectivity index is 2.03. The van der Waals surface area contributed by atoms with Gasteiger partial charge in [-0.25, -0.2) is 13.8 Å². The fourth-order valence-electron chi connectivity index (χ4n) is 2.36. The van der Waals surface area contributed by atoms with Crippen molar-refractivity contribution in [1.82, 2.24) is 9.55 Å². The van der Waals surface area contributed by atoms with Crippen LogP contribution in [0.3, 0.4) is 0 Å². The topological polar surface area (TPSA) is 34.9 Å². The molecule has 3 rings (SSSR count). The molecule has 2 aromatic heterocycles. The highest BCUT2D eigenvalue weighted by molar-refractivity contribution is 7.99. The summed E-state index contributed by atoms with van der Waals surface area (Å²) in [7, 11) is 0. The van der Waals surface area contributed by atoms with Crippen LogP contribution in [0.2, 0.25) is 0 Å². The van der Waals surface area contributed by atoms with Gasteiger partial charge in [0.05, 0.1) is 5.39 Å². The van der Waals surface area contributed by atoms with Gasteiger partial charge in [0.15, 0.2) is 5.16 Å². The van der Waals surface area contributed by atoms with Crippen LogP contribution in [0.1, 0.15) is 17.7 Å². The lowest BCUT2D eigenvalue weighted by atomic mass is 10.1. The van der Waals surface area contributed by atoms with Gasteiger partial charge in [-0.05, 0) is 24.4 Å². The maximum absolute atomic E-state index is 14.0. The Bertz CT molecular complexity index is 965. The molecule has 3 nitrogen and oxygen atoms in total. The summed E-state index contributed by atoms with van der Waals surface area (Å²) in [6.45, 7) is 5.78. The van der Waals surface area contributed by atoms with E-state index in [0.29, 0.717) is 27.5 Å². The van der Waals surface area contributed by atoms with Gasteiger partial charge in [0.2, 0.25) is 0 Å². The van der Waals surface area contributed by atoms with E-state index in [1.54, 1.807) is 19.1 Å². The molecule has 3 aromatic rings. The standard InChI is InChI=1S/C17H14F2N2OS2/c1-3-7-21-16(22)13-6-8-23-15(13)20-17(21)24-10(2)12-5-4-11(18)9-14(12)19/h3-6,8-10H,1,7H2,2H3. The average molecular weight is 364 g/mol. The van der Waals surface area contributed by atoms with E-state index in [2.05, 4.69) is 11.6 Å². The first kappa shape index (κ1) is 16.9. The maximum atomic E-state index is 14.0. The molecule has 2 heterocycles. The molecule has 24 heavy (non-hydrogen) atoms. The second-order valence-electron chi connectivity index (χ2n) is 5.16. The minimum Gasteiger partial charge on any atom is -0.283 e. The maximum Gasteiger partial charge on any atom is 0.263 e. The van der Waals surface area contributed by atoms with Crippen molar-refractivity contribution in [2.45, 2.75) is 23.9 Å². The van der Waals surface area contributed by atoms with Crippen LogP contribution in [-0.2, 0) is 6.54 Å². The van der Waals surface area contributed by atoms with Gasteiger partial charge >= 0.3 is 0 Å². The molecule has 0 aliphatic heterocycles. The van der Waals surface area contributed by atoms with E-state index in [4.69, 9.17) is 0 Å². The third kappa shape index (κ3) is 3.14. The molecular weight excluding hydrogens is 350 g/mol. The zero-order valence-corrected chi connectivity index (χ0v) is 14.5. The lowest BCUT2D eigenvalue weighted by Gasteiger charge is -2.15. The van der Waals surface area contributed by atoms with E-state index in [1.807, 2.05) is 5.38 Å². The van der Waals surface area contributed by atoms with Crippen molar-refractivity contribution in [3.8, 4) is 0 Å². The second-order valence-corrected chi connectivity index (χ2v) is 7.37. The van der Waals surface area contributed by atoms with Gasteiger partial charge in [-0.3, -0.25) is 9.36 Å². The van der Waals surface area contributed by atoms with Gasteiger partial charge in [0.1, 0.15) is 16.5 Å². The highest BCUT2D eigenvalue weighted by Crippen LogP contribution is 2.35. The fraction of sp³-hybridized carbons (Fsp3) is 0.176. The van der Waals surface area contributed by atoms with Crippen LogP contribution in [0.4, 0.5) is 8.78 Å². The quantitative estimate of drug-likeness (QED) is 0.371. The summed E-state index contributed by atoms with van der Waals surface area (Å²) in [6.07, 6.45) is 1.62. The first-order valence-electron chi connectivity index (χ1n) is 7.21. The summed E-state index contributed by atoms with van der Waals surface area (Å²) in [5.74, 6) is -1.22. The van der Waals surface area contributed by atoms with Crippen LogP contribution in [0, 0.1) is 11.6 Å². The summed E-state index contributed by atoms with van der Waals surface area (Å²) < 4.78 is 28.6. The fourth-order valence-corrected chi connectivity index (χ4v) is 4.24. The molecule has 0 radical (unpaired) electrons. The van der Waals surface area contributed by atoms with Gasteiger partial charge in [-0.15, -0.1) is 17.9 Å². The summed E-state index contributed by atoms with van der Waals surface area (Å²) >= 11 is 2.65. The lowest BCUT2D eigenvalue weighted by molar-refractivity contribution is 0.572. The zero-order chi connectivity index (χ0) is 17.3. The Kier molecular flexibility index (Phi) is 4.82. The number of hydrogen-bond donors (Lipinski definition) is 0. The first-order valence-corrected chi connectivity index (χ1v) is 8.97. The van der Waals surface area contributed by atoms with Crippen LogP contribution in [0.25, 0.3) is 10.2 Å². The molecule has 1 aromatic carbocycles. The normalized spacial score (nSPS) is 12.5. The Hall–Kier alpha value is -1.99. The van der Waals surface area contributed by atoms with Crippen molar-refractivity contribution in [3.05, 3.63) is 69.9 Å². The number of halogens is 2. The molecular formula is C17H14F2N2OS2. The van der Waals surface area contributed by atoms with Crippen LogP contribution in [-0.4, -0.2) is 9.55 Å². The van der Waals surface area contributed by atoms with Crippen molar-refractivity contribution in [1.29, 1.82) is 0 Å². The van der Waals surface area contributed by atoms with Gasteiger partial charge in [-0.1, -0.05) is 23.9 Å². The number of benzene rings is 1. The number of hydrogen-bond acceptors (Lipinski definition) is 4. The van der Waals surface area contributed by atoms with Crippen molar-refractivity contribution in [2.24, 2.45) is 0 Å². The molecule has 1 atom stereocenters. The van der Waals surface area contributed by atoms with E-state index in [0.717, 1.165) is 6.07 Å². The van der Waals surface area contributed by atoms with Crippen molar-refractivity contribution in [2.75, 3.05) is 0 Å². The summed E-state index contributed by atoms with van der Waals surface area (Å²) in [6, 6.07) is 5.25. The van der Waals surface area contributed by atoms with Crippen LogP contribution in [0.15, 0.2) is 52.3 Å².